The van der Waals surface area contributed by atoms with Gasteiger partial charge in [0, 0.05) is 5.41 Å². The van der Waals surface area contributed by atoms with Crippen LogP contribution in [-0.2, 0) is 16.2 Å². The Morgan fingerprint density at radius 1 is 1.07 bits per heavy atom. The maximum absolute atomic E-state index is 11.3. The Labute approximate surface area is 179 Å². The van der Waals surface area contributed by atoms with Gasteiger partial charge in [0.15, 0.2) is 0 Å². The van der Waals surface area contributed by atoms with Gasteiger partial charge < -0.3 is 5.11 Å². The second-order valence-corrected chi connectivity index (χ2v) is 10.9. The molecule has 3 aliphatic carbocycles. The molecule has 2 atom stereocenters. The molecule has 0 radical (unpaired) electrons. The molecule has 1 aromatic carbocycles. The van der Waals surface area contributed by atoms with Gasteiger partial charge in [-0.15, -0.1) is 0 Å². The minimum atomic E-state index is -0.972. The molecule has 1 N–H and O–H groups in total. The van der Waals surface area contributed by atoms with Crippen molar-refractivity contribution in [2.75, 3.05) is 0 Å². The number of aromatic carboxylic acids is 1. The number of hydrogen-bond acceptors (Lipinski definition) is 2. The minimum Gasteiger partial charge on any atom is -0.477 e. The molecule has 3 aliphatic rings. The van der Waals surface area contributed by atoms with Crippen LogP contribution in [-0.4, -0.2) is 16.1 Å². The lowest BCUT2D eigenvalue weighted by molar-refractivity contribution is 0.0690. The summed E-state index contributed by atoms with van der Waals surface area (Å²) < 4.78 is 0. The molecule has 0 bridgehead atoms. The quantitative estimate of drug-likeness (QED) is 0.660. The van der Waals surface area contributed by atoms with Crippen molar-refractivity contribution in [2.24, 2.45) is 5.92 Å². The van der Waals surface area contributed by atoms with E-state index in [1.165, 1.54) is 47.9 Å². The Morgan fingerprint density at radius 2 is 1.80 bits per heavy atom. The summed E-state index contributed by atoms with van der Waals surface area (Å²) in [6.07, 6.45) is 8.12. The fraction of sp³-hybridized carbons (Fsp3) is 0.481. The normalized spacial score (nSPS) is 29.3. The highest BCUT2D eigenvalue weighted by molar-refractivity contribution is 5.85. The van der Waals surface area contributed by atoms with E-state index in [2.05, 4.69) is 57.0 Å². The van der Waals surface area contributed by atoms with Gasteiger partial charge in [-0.05, 0) is 83.8 Å². The zero-order valence-corrected chi connectivity index (χ0v) is 18.5. The van der Waals surface area contributed by atoms with Gasteiger partial charge in [-0.1, -0.05) is 57.5 Å². The lowest BCUT2D eigenvalue weighted by atomic mass is 9.62. The Balaban J connectivity index is 1.58. The highest BCUT2D eigenvalue weighted by Crippen LogP contribution is 2.67. The third-order valence-corrected chi connectivity index (χ3v) is 8.12. The predicted molar refractivity (Wildman–Crippen MR) is 120 cm³/mol. The Bertz CT molecular complexity index is 1080. The number of fused-ring (bicyclic) bond motifs is 2. The van der Waals surface area contributed by atoms with E-state index in [1.807, 2.05) is 6.07 Å². The lowest BCUT2D eigenvalue weighted by Crippen LogP contribution is -2.34. The standard InChI is InChI=1S/C27H31NO2/c1-25(2)12-13-26(3,4)22-15-18(10-11-21(22)25)27-16-19(27)9-8-17(27)14-20-6-5-7-23(28-20)24(29)30/h5-7,10-11,14-15,19H,8-9,12-13,16H2,1-4H3,(H,29,30)/b17-14+. The Morgan fingerprint density at radius 3 is 2.50 bits per heavy atom. The van der Waals surface area contributed by atoms with E-state index in [9.17, 15) is 9.90 Å². The summed E-state index contributed by atoms with van der Waals surface area (Å²) in [4.78, 5) is 15.7. The number of hydrogen-bond donors (Lipinski definition) is 1. The van der Waals surface area contributed by atoms with Crippen LogP contribution in [0.25, 0.3) is 6.08 Å². The number of carboxylic acid groups (broad SMARTS) is 1. The number of pyridine rings is 1. The summed E-state index contributed by atoms with van der Waals surface area (Å²) >= 11 is 0. The van der Waals surface area contributed by atoms with Crippen molar-refractivity contribution in [3.63, 3.8) is 0 Å². The first-order chi connectivity index (χ1) is 14.1. The largest absolute Gasteiger partial charge is 0.477 e. The Kier molecular flexibility index (Phi) is 4.10. The molecule has 2 aromatic rings. The van der Waals surface area contributed by atoms with Gasteiger partial charge in [0.1, 0.15) is 5.69 Å². The summed E-state index contributed by atoms with van der Waals surface area (Å²) in [5, 5.41) is 9.28. The van der Waals surface area contributed by atoms with Crippen molar-refractivity contribution < 1.29 is 9.90 Å². The molecule has 1 heterocycles. The molecule has 0 saturated heterocycles. The number of aromatic nitrogens is 1. The average molecular weight is 402 g/mol. The van der Waals surface area contributed by atoms with Crippen molar-refractivity contribution in [1.82, 2.24) is 4.98 Å². The zero-order valence-electron chi connectivity index (χ0n) is 18.5. The summed E-state index contributed by atoms with van der Waals surface area (Å²) in [6.45, 7) is 9.53. The lowest BCUT2D eigenvalue weighted by Gasteiger charge is -2.42. The number of carboxylic acids is 1. The number of nitrogens with zero attached hydrogens (tertiary/aromatic N) is 1. The van der Waals surface area contributed by atoms with Gasteiger partial charge >= 0.3 is 5.97 Å². The number of benzene rings is 1. The van der Waals surface area contributed by atoms with Crippen molar-refractivity contribution in [3.05, 3.63) is 70.0 Å². The van der Waals surface area contributed by atoms with Crippen LogP contribution < -0.4 is 0 Å². The summed E-state index contributed by atoms with van der Waals surface area (Å²) in [7, 11) is 0. The van der Waals surface area contributed by atoms with Gasteiger partial charge in [0.25, 0.3) is 0 Å². The second-order valence-electron chi connectivity index (χ2n) is 10.9. The van der Waals surface area contributed by atoms with E-state index in [-0.39, 0.29) is 21.9 Å². The van der Waals surface area contributed by atoms with Crippen LogP contribution in [0.15, 0.2) is 42.0 Å². The van der Waals surface area contributed by atoms with Crippen molar-refractivity contribution in [1.29, 1.82) is 0 Å². The van der Waals surface area contributed by atoms with Crippen LogP contribution in [0.5, 0.6) is 0 Å². The fourth-order valence-electron chi connectivity index (χ4n) is 6.06. The van der Waals surface area contributed by atoms with E-state index in [1.54, 1.807) is 12.1 Å². The highest BCUT2D eigenvalue weighted by atomic mass is 16.4. The van der Waals surface area contributed by atoms with E-state index >= 15 is 0 Å². The molecule has 156 valence electrons. The number of rotatable bonds is 3. The molecule has 30 heavy (non-hydrogen) atoms. The summed E-state index contributed by atoms with van der Waals surface area (Å²) in [5.74, 6) is -0.260. The van der Waals surface area contributed by atoms with Crippen molar-refractivity contribution >= 4 is 12.0 Å². The molecule has 0 amide bonds. The second kappa shape index (κ2) is 6.29. The average Bonchev–Trinajstić information content (AvgIpc) is 3.35. The molecule has 3 heteroatoms. The third-order valence-electron chi connectivity index (χ3n) is 8.12. The third kappa shape index (κ3) is 2.85. The molecule has 1 aromatic heterocycles. The van der Waals surface area contributed by atoms with Crippen LogP contribution in [0.3, 0.4) is 0 Å². The zero-order chi connectivity index (χ0) is 21.3. The minimum absolute atomic E-state index is 0.113. The van der Waals surface area contributed by atoms with Crippen LogP contribution in [0.1, 0.15) is 92.7 Å². The fourth-order valence-corrected chi connectivity index (χ4v) is 6.06. The van der Waals surface area contributed by atoms with Crippen LogP contribution in [0, 0.1) is 5.92 Å². The number of allylic oxidation sites excluding steroid dienone is 1. The number of carbonyl (C=O) groups is 1. The van der Waals surface area contributed by atoms with Crippen LogP contribution in [0.2, 0.25) is 0 Å². The maximum Gasteiger partial charge on any atom is 0.354 e. The van der Waals surface area contributed by atoms with Gasteiger partial charge in [-0.3, -0.25) is 0 Å². The monoisotopic (exact) mass is 401 g/mol. The first-order valence-corrected chi connectivity index (χ1v) is 11.2. The SMILES string of the molecule is CC1(C)CCC(C)(C)c2cc(C34CC3CC/C4=C\c3cccc(C(=O)O)n3)ccc21. The van der Waals surface area contributed by atoms with E-state index in [4.69, 9.17) is 0 Å². The van der Waals surface area contributed by atoms with E-state index < -0.39 is 5.97 Å². The van der Waals surface area contributed by atoms with Gasteiger partial charge in [0.2, 0.25) is 0 Å². The summed E-state index contributed by atoms with van der Waals surface area (Å²) in [6, 6.07) is 12.6. The van der Waals surface area contributed by atoms with Crippen LogP contribution >= 0.6 is 0 Å². The van der Waals surface area contributed by atoms with Crippen LogP contribution in [0.4, 0.5) is 0 Å². The topological polar surface area (TPSA) is 50.2 Å². The molecule has 5 rings (SSSR count). The van der Waals surface area contributed by atoms with Crippen molar-refractivity contribution in [2.45, 2.75) is 76.0 Å². The van der Waals surface area contributed by atoms with Crippen molar-refractivity contribution in [3.8, 4) is 0 Å². The molecular weight excluding hydrogens is 370 g/mol. The molecule has 2 unspecified atom stereocenters. The van der Waals surface area contributed by atoms with Gasteiger partial charge in [-0.25, -0.2) is 9.78 Å². The molecular formula is C27H31NO2. The van der Waals surface area contributed by atoms with E-state index in [0.29, 0.717) is 5.92 Å². The molecule has 0 spiro atoms. The molecule has 2 fully saturated rings. The highest BCUT2D eigenvalue weighted by Gasteiger charge is 2.61. The Hall–Kier alpha value is -2.42. The first kappa shape index (κ1) is 19.5. The van der Waals surface area contributed by atoms with Gasteiger partial charge in [-0.2, -0.15) is 0 Å². The molecule has 3 nitrogen and oxygen atoms in total. The van der Waals surface area contributed by atoms with E-state index in [0.717, 1.165) is 12.1 Å². The smallest absolute Gasteiger partial charge is 0.354 e. The summed E-state index contributed by atoms with van der Waals surface area (Å²) in [5.41, 5.74) is 7.36. The predicted octanol–water partition coefficient (Wildman–Crippen LogP) is 6.26. The van der Waals surface area contributed by atoms with Gasteiger partial charge in [0.05, 0.1) is 5.69 Å². The first-order valence-electron chi connectivity index (χ1n) is 11.2. The molecule has 2 saturated carbocycles. The maximum atomic E-state index is 11.3. The molecule has 0 aliphatic heterocycles.